The predicted octanol–water partition coefficient (Wildman–Crippen LogP) is 4.73. The molecule has 7 heteroatoms. The Morgan fingerprint density at radius 3 is 2.61 bits per heavy atom. The highest BCUT2D eigenvalue weighted by Gasteiger charge is 2.35. The van der Waals surface area contributed by atoms with Crippen molar-refractivity contribution in [2.75, 3.05) is 0 Å². The molecular weight excluding hydrogens is 376 g/mol. The van der Waals surface area contributed by atoms with Gasteiger partial charge in [-0.1, -0.05) is 12.1 Å². The van der Waals surface area contributed by atoms with Crippen LogP contribution in [0.25, 0.3) is 17.4 Å². The van der Waals surface area contributed by atoms with E-state index in [0.29, 0.717) is 27.2 Å². The van der Waals surface area contributed by atoms with Gasteiger partial charge in [0.05, 0.1) is 10.5 Å². The van der Waals surface area contributed by atoms with Crippen LogP contribution in [0.5, 0.6) is 0 Å². The number of benzene rings is 1. The molecule has 0 aliphatic carbocycles. The Morgan fingerprint density at radius 2 is 1.96 bits per heavy atom. The molecule has 3 rings (SSSR count). The number of carbonyl (C=O) groups excluding carboxylic acids is 1. The minimum absolute atomic E-state index is 0.00863. The van der Waals surface area contributed by atoms with E-state index in [2.05, 4.69) is 4.99 Å². The molecule has 1 amide bonds. The van der Waals surface area contributed by atoms with Gasteiger partial charge in [-0.3, -0.25) is 14.7 Å². The van der Waals surface area contributed by atoms with Gasteiger partial charge in [-0.2, -0.15) is 0 Å². The van der Waals surface area contributed by atoms with Crippen LogP contribution < -0.4 is 0 Å². The fraction of sp³-hybridized carbons (Fsp3) is 0.286. The van der Waals surface area contributed by atoms with Crippen molar-refractivity contribution in [3.8, 4) is 11.3 Å². The summed E-state index contributed by atoms with van der Waals surface area (Å²) in [5.41, 5.74) is 0.860. The van der Waals surface area contributed by atoms with Crippen molar-refractivity contribution < 1.29 is 19.1 Å². The first-order chi connectivity index (χ1) is 13.3. The summed E-state index contributed by atoms with van der Waals surface area (Å²) in [6.45, 7) is 7.86. The third-order valence-corrected chi connectivity index (χ3v) is 5.01. The van der Waals surface area contributed by atoms with Gasteiger partial charge in [-0.25, -0.2) is 4.79 Å². The summed E-state index contributed by atoms with van der Waals surface area (Å²) < 4.78 is 5.83. The lowest BCUT2D eigenvalue weighted by Gasteiger charge is -2.20. The van der Waals surface area contributed by atoms with Crippen LogP contribution in [-0.2, 0) is 4.79 Å². The topological polar surface area (TPSA) is 83.1 Å². The third-order valence-electron chi connectivity index (χ3n) is 4.02. The van der Waals surface area contributed by atoms with Gasteiger partial charge < -0.3 is 9.52 Å². The lowest BCUT2D eigenvalue weighted by molar-refractivity contribution is -0.123. The standard InChI is InChI=1S/C21H22N2O4S/c1-12(2)22-21-23(13(3)4)19(24)18(28-21)11-16-8-9-17(27-16)14-6-5-7-15(10-14)20(25)26/h5-13H,1-4H3,(H,25,26)/b18-11+,22-21?. The number of thioether (sulfide) groups is 1. The number of hydrogen-bond donors (Lipinski definition) is 1. The van der Waals surface area contributed by atoms with Crippen molar-refractivity contribution in [2.24, 2.45) is 4.99 Å². The van der Waals surface area contributed by atoms with Crippen LogP contribution in [0, 0.1) is 0 Å². The molecule has 2 heterocycles. The van der Waals surface area contributed by atoms with Crippen LogP contribution in [0.2, 0.25) is 0 Å². The van der Waals surface area contributed by atoms with E-state index in [-0.39, 0.29) is 23.6 Å². The summed E-state index contributed by atoms with van der Waals surface area (Å²) in [5, 5.41) is 9.84. The fourth-order valence-corrected chi connectivity index (χ4v) is 3.99. The number of rotatable bonds is 5. The molecule has 0 atom stereocenters. The molecule has 146 valence electrons. The second kappa shape index (κ2) is 8.06. The zero-order valence-electron chi connectivity index (χ0n) is 16.2. The first kappa shape index (κ1) is 19.9. The summed E-state index contributed by atoms with van der Waals surface area (Å²) >= 11 is 1.34. The maximum atomic E-state index is 12.8. The Balaban J connectivity index is 1.90. The van der Waals surface area contributed by atoms with Gasteiger partial charge in [0.2, 0.25) is 0 Å². The monoisotopic (exact) mass is 398 g/mol. The van der Waals surface area contributed by atoms with Gasteiger partial charge in [0.25, 0.3) is 5.91 Å². The lowest BCUT2D eigenvalue weighted by atomic mass is 10.1. The van der Waals surface area contributed by atoms with Gasteiger partial charge in [0.1, 0.15) is 11.5 Å². The van der Waals surface area contributed by atoms with Crippen LogP contribution in [-0.4, -0.2) is 39.1 Å². The van der Waals surface area contributed by atoms with Gasteiger partial charge in [-0.05, 0) is 63.7 Å². The number of furan rings is 1. The molecular formula is C21H22N2O4S. The Morgan fingerprint density at radius 1 is 1.21 bits per heavy atom. The molecule has 1 aromatic carbocycles. The second-order valence-corrected chi connectivity index (χ2v) is 7.98. The first-order valence-electron chi connectivity index (χ1n) is 9.00. The summed E-state index contributed by atoms with van der Waals surface area (Å²) in [5.74, 6) is -0.0112. The quantitative estimate of drug-likeness (QED) is 0.736. The lowest BCUT2D eigenvalue weighted by Crippen LogP contribution is -2.35. The minimum atomic E-state index is -0.991. The van der Waals surface area contributed by atoms with Gasteiger partial charge in [0.15, 0.2) is 5.17 Å². The van der Waals surface area contributed by atoms with Gasteiger partial charge >= 0.3 is 5.97 Å². The average molecular weight is 398 g/mol. The number of amides is 1. The molecule has 0 radical (unpaired) electrons. The smallest absolute Gasteiger partial charge is 0.335 e. The molecule has 2 aromatic rings. The van der Waals surface area contributed by atoms with Crippen molar-refractivity contribution in [2.45, 2.75) is 39.8 Å². The molecule has 1 aliphatic heterocycles. The summed E-state index contributed by atoms with van der Waals surface area (Å²) in [7, 11) is 0. The summed E-state index contributed by atoms with van der Waals surface area (Å²) in [4.78, 5) is 30.7. The van der Waals surface area contributed by atoms with Crippen LogP contribution >= 0.6 is 11.8 Å². The van der Waals surface area contributed by atoms with Crippen molar-refractivity contribution in [3.05, 3.63) is 52.6 Å². The molecule has 0 unspecified atom stereocenters. The average Bonchev–Trinajstić information content (AvgIpc) is 3.20. The molecule has 1 fully saturated rings. The third kappa shape index (κ3) is 4.20. The largest absolute Gasteiger partial charge is 0.478 e. The fourth-order valence-electron chi connectivity index (χ4n) is 2.77. The molecule has 0 spiro atoms. The highest BCUT2D eigenvalue weighted by molar-refractivity contribution is 8.18. The predicted molar refractivity (Wildman–Crippen MR) is 111 cm³/mol. The van der Waals surface area contributed by atoms with Crippen molar-refractivity contribution in [1.82, 2.24) is 4.90 Å². The summed E-state index contributed by atoms with van der Waals surface area (Å²) in [6.07, 6.45) is 1.70. The van der Waals surface area contributed by atoms with E-state index in [9.17, 15) is 9.59 Å². The van der Waals surface area contributed by atoms with Gasteiger partial charge in [0, 0.05) is 23.7 Å². The first-order valence-corrected chi connectivity index (χ1v) is 9.82. The number of carbonyl (C=O) groups is 2. The zero-order valence-corrected chi connectivity index (χ0v) is 17.0. The van der Waals surface area contributed by atoms with E-state index in [1.54, 1.807) is 41.3 Å². The summed E-state index contributed by atoms with van der Waals surface area (Å²) in [6, 6.07) is 10.2. The van der Waals surface area contributed by atoms with Crippen LogP contribution in [0.3, 0.4) is 0 Å². The molecule has 28 heavy (non-hydrogen) atoms. The number of hydrogen-bond acceptors (Lipinski definition) is 5. The Labute approximate surface area is 167 Å². The molecule has 1 aromatic heterocycles. The molecule has 1 aliphatic rings. The van der Waals surface area contributed by atoms with E-state index in [1.165, 1.54) is 17.8 Å². The zero-order chi connectivity index (χ0) is 20.4. The molecule has 0 saturated carbocycles. The number of nitrogens with zero attached hydrogens (tertiary/aromatic N) is 2. The SMILES string of the molecule is CC(C)N=C1S/C(=C/c2ccc(-c3cccc(C(=O)O)c3)o2)C(=O)N1C(C)C. The number of amidine groups is 1. The van der Waals surface area contributed by atoms with E-state index in [4.69, 9.17) is 9.52 Å². The second-order valence-electron chi connectivity index (χ2n) is 6.97. The van der Waals surface area contributed by atoms with Crippen LogP contribution in [0.4, 0.5) is 0 Å². The number of carboxylic acid groups (broad SMARTS) is 1. The Hall–Kier alpha value is -2.80. The van der Waals surface area contributed by atoms with E-state index in [0.717, 1.165) is 0 Å². The van der Waals surface area contributed by atoms with Crippen LogP contribution in [0.1, 0.15) is 43.8 Å². The van der Waals surface area contributed by atoms with Crippen molar-refractivity contribution >= 4 is 34.9 Å². The van der Waals surface area contributed by atoms with Crippen molar-refractivity contribution in [1.29, 1.82) is 0 Å². The number of aliphatic imine (C=N–C) groups is 1. The molecule has 6 nitrogen and oxygen atoms in total. The molecule has 1 saturated heterocycles. The van der Waals surface area contributed by atoms with Crippen molar-refractivity contribution in [3.63, 3.8) is 0 Å². The van der Waals surface area contributed by atoms with Crippen LogP contribution in [0.15, 0.2) is 50.7 Å². The molecule has 1 N–H and O–H groups in total. The minimum Gasteiger partial charge on any atom is -0.478 e. The maximum absolute atomic E-state index is 12.8. The highest BCUT2D eigenvalue weighted by Crippen LogP contribution is 2.35. The number of aromatic carboxylic acids is 1. The normalized spacial score (nSPS) is 17.5. The van der Waals surface area contributed by atoms with E-state index in [1.807, 2.05) is 27.7 Å². The highest BCUT2D eigenvalue weighted by atomic mass is 32.2. The Bertz CT molecular complexity index is 972. The molecule has 0 bridgehead atoms. The van der Waals surface area contributed by atoms with E-state index < -0.39 is 5.97 Å². The number of carboxylic acids is 1. The maximum Gasteiger partial charge on any atom is 0.335 e. The Kier molecular flexibility index (Phi) is 5.74. The van der Waals surface area contributed by atoms with E-state index >= 15 is 0 Å². The van der Waals surface area contributed by atoms with Gasteiger partial charge in [-0.15, -0.1) is 0 Å².